The molecule has 0 amide bonds. The van der Waals surface area contributed by atoms with Gasteiger partial charge in [-0.3, -0.25) is 14.8 Å². The number of aliphatic imine (C=N–C) groups is 2. The molecule has 0 saturated heterocycles. The van der Waals surface area contributed by atoms with Gasteiger partial charge in [-0.15, -0.1) is 0 Å². The Kier molecular flexibility index (Phi) is 4.66. The molecule has 0 saturated carbocycles. The standard InChI is InChI=1S/C6H7BrN2O/c1-8-4-5(9-2)6(10)3-7/h4H,1-3H2/b5-4-. The van der Waals surface area contributed by atoms with Gasteiger partial charge in [0.15, 0.2) is 5.78 Å². The maximum Gasteiger partial charge on any atom is 0.193 e. The molecule has 0 aromatic heterocycles. The minimum Gasteiger partial charge on any atom is -0.291 e. The Balaban J connectivity index is 4.34. The van der Waals surface area contributed by atoms with E-state index in [1.54, 1.807) is 0 Å². The fourth-order valence-corrected chi connectivity index (χ4v) is 0.643. The number of carbonyl (C=O) groups excluding carboxylic acids is 1. The highest BCUT2D eigenvalue weighted by Gasteiger charge is 2.03. The largest absolute Gasteiger partial charge is 0.291 e. The summed E-state index contributed by atoms with van der Waals surface area (Å²) < 4.78 is 0. The number of hydrogen-bond acceptors (Lipinski definition) is 3. The van der Waals surface area contributed by atoms with Gasteiger partial charge in [0, 0.05) is 0 Å². The van der Waals surface area contributed by atoms with Crippen molar-refractivity contribution in [2.45, 2.75) is 0 Å². The first-order chi connectivity index (χ1) is 4.76. The first-order valence-electron chi connectivity index (χ1n) is 2.48. The van der Waals surface area contributed by atoms with E-state index in [9.17, 15) is 4.79 Å². The zero-order valence-corrected chi connectivity index (χ0v) is 6.97. The van der Waals surface area contributed by atoms with Gasteiger partial charge >= 0.3 is 0 Å². The number of carbonyl (C=O) groups is 1. The van der Waals surface area contributed by atoms with Crippen molar-refractivity contribution in [1.29, 1.82) is 0 Å². The van der Waals surface area contributed by atoms with Gasteiger partial charge in [-0.25, -0.2) is 0 Å². The van der Waals surface area contributed by atoms with Crippen LogP contribution < -0.4 is 0 Å². The van der Waals surface area contributed by atoms with E-state index in [-0.39, 0.29) is 16.8 Å². The summed E-state index contributed by atoms with van der Waals surface area (Å²) in [6.45, 7) is 6.38. The second-order valence-electron chi connectivity index (χ2n) is 1.41. The van der Waals surface area contributed by atoms with Crippen molar-refractivity contribution in [2.24, 2.45) is 9.98 Å². The third-order valence-corrected chi connectivity index (χ3v) is 1.30. The fraction of sp³-hybridized carbons (Fsp3) is 0.167. The minimum atomic E-state index is -0.151. The van der Waals surface area contributed by atoms with Crippen molar-refractivity contribution < 1.29 is 4.79 Å². The predicted octanol–water partition coefficient (Wildman–Crippen LogP) is 1.19. The summed E-state index contributed by atoms with van der Waals surface area (Å²) in [5.74, 6) is -0.151. The van der Waals surface area contributed by atoms with Crippen molar-refractivity contribution in [2.75, 3.05) is 5.33 Å². The predicted molar refractivity (Wildman–Crippen MR) is 46.0 cm³/mol. The number of Topliss-reactive ketones (excluding diaryl/α,β-unsaturated/α-hetero) is 1. The van der Waals surface area contributed by atoms with Crippen molar-refractivity contribution in [3.8, 4) is 0 Å². The maximum absolute atomic E-state index is 10.8. The highest BCUT2D eigenvalue weighted by Crippen LogP contribution is 1.99. The van der Waals surface area contributed by atoms with Crippen molar-refractivity contribution in [1.82, 2.24) is 0 Å². The summed E-state index contributed by atoms with van der Waals surface area (Å²) in [6, 6.07) is 0. The number of nitrogens with zero attached hydrogens (tertiary/aromatic N) is 2. The molecular formula is C6H7BrN2O. The fourth-order valence-electron chi connectivity index (χ4n) is 0.356. The van der Waals surface area contributed by atoms with E-state index < -0.39 is 0 Å². The van der Waals surface area contributed by atoms with E-state index >= 15 is 0 Å². The van der Waals surface area contributed by atoms with Crippen LogP contribution in [-0.4, -0.2) is 24.5 Å². The van der Waals surface area contributed by atoms with Gasteiger partial charge in [-0.1, -0.05) is 15.9 Å². The van der Waals surface area contributed by atoms with Gasteiger partial charge in [0.2, 0.25) is 0 Å². The Labute approximate surface area is 67.7 Å². The van der Waals surface area contributed by atoms with Crippen molar-refractivity contribution >= 4 is 35.1 Å². The molecule has 4 heteroatoms. The number of halogens is 1. The summed E-state index contributed by atoms with van der Waals surface area (Å²) in [5, 5.41) is 0.230. The normalized spacial score (nSPS) is 10.7. The van der Waals surface area contributed by atoms with Crippen LogP contribution in [0.4, 0.5) is 0 Å². The lowest BCUT2D eigenvalue weighted by molar-refractivity contribution is -0.113. The van der Waals surface area contributed by atoms with E-state index in [4.69, 9.17) is 0 Å². The van der Waals surface area contributed by atoms with E-state index in [0.717, 1.165) is 0 Å². The lowest BCUT2D eigenvalue weighted by atomic mass is 10.3. The van der Waals surface area contributed by atoms with Crippen LogP contribution >= 0.6 is 15.9 Å². The first kappa shape index (κ1) is 9.23. The molecule has 0 radical (unpaired) electrons. The smallest absolute Gasteiger partial charge is 0.193 e. The van der Waals surface area contributed by atoms with Gasteiger partial charge in [-0.2, -0.15) is 0 Å². The summed E-state index contributed by atoms with van der Waals surface area (Å²) >= 11 is 2.99. The SMILES string of the molecule is C=N/C=C(\N=C)C(=O)CBr. The molecule has 0 rings (SSSR count). The van der Waals surface area contributed by atoms with Crippen LogP contribution in [0.15, 0.2) is 21.9 Å². The molecule has 0 bridgehead atoms. The zero-order chi connectivity index (χ0) is 7.98. The van der Waals surface area contributed by atoms with Crippen LogP contribution in [0.5, 0.6) is 0 Å². The van der Waals surface area contributed by atoms with Crippen molar-refractivity contribution in [3.63, 3.8) is 0 Å². The molecule has 0 aromatic carbocycles. The molecular weight excluding hydrogens is 196 g/mol. The summed E-state index contributed by atoms with van der Waals surface area (Å²) in [7, 11) is 0. The molecule has 0 aliphatic heterocycles. The molecule has 0 spiro atoms. The van der Waals surface area contributed by atoms with Gasteiger partial charge in [0.1, 0.15) is 5.70 Å². The number of allylic oxidation sites excluding steroid dienone is 1. The molecule has 0 aliphatic carbocycles. The molecule has 10 heavy (non-hydrogen) atoms. The Bertz CT molecular complexity index is 186. The zero-order valence-electron chi connectivity index (χ0n) is 5.38. The summed E-state index contributed by atoms with van der Waals surface area (Å²) in [5.41, 5.74) is 0.229. The minimum absolute atomic E-state index is 0.151. The van der Waals surface area contributed by atoms with Crippen LogP contribution in [0.1, 0.15) is 0 Å². The average molecular weight is 203 g/mol. The second kappa shape index (κ2) is 5.05. The van der Waals surface area contributed by atoms with Crippen molar-refractivity contribution in [3.05, 3.63) is 11.9 Å². The molecule has 54 valence electrons. The van der Waals surface area contributed by atoms with Gasteiger partial charge in [-0.05, 0) is 13.4 Å². The van der Waals surface area contributed by atoms with Gasteiger partial charge in [0.05, 0.1) is 11.5 Å². The average Bonchev–Trinajstić information content (AvgIpc) is 1.99. The molecule has 0 aromatic rings. The molecule has 0 heterocycles. The third-order valence-electron chi connectivity index (χ3n) is 0.791. The van der Waals surface area contributed by atoms with Gasteiger partial charge in [0.25, 0.3) is 0 Å². The Hall–Kier alpha value is -0.770. The highest BCUT2D eigenvalue weighted by atomic mass is 79.9. The Morgan fingerprint density at radius 3 is 2.50 bits per heavy atom. The number of hydrogen-bond donors (Lipinski definition) is 0. The topological polar surface area (TPSA) is 41.8 Å². The van der Waals surface area contributed by atoms with E-state index in [1.807, 2.05) is 0 Å². The first-order valence-corrected chi connectivity index (χ1v) is 3.60. The Morgan fingerprint density at radius 2 is 2.20 bits per heavy atom. The van der Waals surface area contributed by atoms with Crippen LogP contribution in [0.3, 0.4) is 0 Å². The second-order valence-corrected chi connectivity index (χ2v) is 1.97. The number of ketones is 1. The quantitative estimate of drug-likeness (QED) is 0.384. The number of rotatable bonds is 4. The molecule has 0 atom stereocenters. The monoisotopic (exact) mass is 202 g/mol. The van der Waals surface area contributed by atoms with E-state index in [0.29, 0.717) is 0 Å². The van der Waals surface area contributed by atoms with Crippen LogP contribution in [-0.2, 0) is 4.79 Å². The van der Waals surface area contributed by atoms with E-state index in [1.165, 1.54) is 6.20 Å². The molecule has 0 aliphatic rings. The maximum atomic E-state index is 10.8. The lowest BCUT2D eigenvalue weighted by Gasteiger charge is -1.91. The Morgan fingerprint density at radius 1 is 1.60 bits per heavy atom. The summed E-state index contributed by atoms with van der Waals surface area (Å²) in [4.78, 5) is 17.6. The highest BCUT2D eigenvalue weighted by molar-refractivity contribution is 9.09. The third kappa shape index (κ3) is 2.68. The van der Waals surface area contributed by atoms with E-state index in [2.05, 4.69) is 39.3 Å². The summed E-state index contributed by atoms with van der Waals surface area (Å²) in [6.07, 6.45) is 1.27. The molecule has 3 nitrogen and oxygen atoms in total. The number of alkyl halides is 1. The van der Waals surface area contributed by atoms with Crippen LogP contribution in [0.2, 0.25) is 0 Å². The molecule has 0 fully saturated rings. The molecule has 0 unspecified atom stereocenters. The van der Waals surface area contributed by atoms with Crippen LogP contribution in [0.25, 0.3) is 0 Å². The van der Waals surface area contributed by atoms with Gasteiger partial charge < -0.3 is 0 Å². The van der Waals surface area contributed by atoms with Crippen LogP contribution in [0, 0.1) is 0 Å². The molecule has 0 N–H and O–H groups in total. The lowest BCUT2D eigenvalue weighted by Crippen LogP contribution is -2.00.